The van der Waals surface area contributed by atoms with Crippen molar-refractivity contribution in [1.29, 1.82) is 0 Å². The molecule has 14 heteroatoms. The van der Waals surface area contributed by atoms with Crippen LogP contribution in [0.25, 0.3) is 11.4 Å². The smallest absolute Gasteiger partial charge is 0.261 e. The monoisotopic (exact) mass is 738 g/mol. The molecular weight excluding hydrogens is 702 g/mol. The summed E-state index contributed by atoms with van der Waals surface area (Å²) in [6, 6.07) is 7.49. The van der Waals surface area contributed by atoms with Gasteiger partial charge in [-0.25, -0.2) is 4.39 Å². The van der Waals surface area contributed by atoms with Gasteiger partial charge in [-0.3, -0.25) is 19.3 Å². The van der Waals surface area contributed by atoms with Crippen LogP contribution in [0.15, 0.2) is 40.2 Å². The van der Waals surface area contributed by atoms with Crippen molar-refractivity contribution >= 4 is 51.6 Å². The lowest BCUT2D eigenvalue weighted by Gasteiger charge is -2.40. The number of carbonyl (C=O) groups excluding carboxylic acids is 3. The van der Waals surface area contributed by atoms with Crippen molar-refractivity contribution in [3.8, 4) is 17.1 Å². The number of thiophene rings is 1. The highest BCUT2D eigenvalue weighted by molar-refractivity contribution is 14.1. The number of carbonyl (C=O) groups is 3. The molecule has 2 fully saturated rings. The minimum atomic E-state index is -0.606. The minimum absolute atomic E-state index is 0.0197. The molecule has 1 unspecified atom stereocenters. The van der Waals surface area contributed by atoms with Crippen LogP contribution in [0.1, 0.15) is 48.2 Å². The van der Waals surface area contributed by atoms with Gasteiger partial charge in [0.25, 0.3) is 5.91 Å². The Morgan fingerprint density at radius 2 is 2.02 bits per heavy atom. The van der Waals surface area contributed by atoms with Gasteiger partial charge in [-0.15, -0.1) is 11.3 Å². The fraction of sp³-hybridized carbons (Fsp3) is 0.500. The summed E-state index contributed by atoms with van der Waals surface area (Å²) in [5.41, 5.74) is 0.208. The van der Waals surface area contributed by atoms with Crippen molar-refractivity contribution in [2.45, 2.75) is 49.1 Å². The van der Waals surface area contributed by atoms with Crippen molar-refractivity contribution < 1.29 is 28.0 Å². The van der Waals surface area contributed by atoms with E-state index in [1.807, 2.05) is 21.2 Å². The SMILES string of the molecule is C[C@@H](NC(=O)c1cccs1)C(=O)N1CCN(CCCOc2ccc(-c3noc(CCC(=O)N4CCCC4)n3)c(F)c2)CC1I. The van der Waals surface area contributed by atoms with E-state index in [-0.39, 0.29) is 33.2 Å². The average molecular weight is 739 g/mol. The van der Waals surface area contributed by atoms with Crippen LogP contribution < -0.4 is 10.1 Å². The first-order valence-corrected chi connectivity index (χ1v) is 17.0. The maximum Gasteiger partial charge on any atom is 0.261 e. The van der Waals surface area contributed by atoms with E-state index >= 15 is 0 Å². The molecule has 0 spiro atoms. The Morgan fingerprint density at radius 3 is 2.75 bits per heavy atom. The van der Waals surface area contributed by atoms with Crippen LogP contribution >= 0.6 is 33.9 Å². The lowest BCUT2D eigenvalue weighted by molar-refractivity contribution is -0.135. The Labute approximate surface area is 273 Å². The molecule has 2 aliphatic heterocycles. The van der Waals surface area contributed by atoms with Crippen molar-refractivity contribution in [3.05, 3.63) is 52.3 Å². The van der Waals surface area contributed by atoms with Gasteiger partial charge in [0.05, 0.1) is 21.1 Å². The van der Waals surface area contributed by atoms with Gasteiger partial charge >= 0.3 is 0 Å². The molecule has 44 heavy (non-hydrogen) atoms. The van der Waals surface area contributed by atoms with Gasteiger partial charge < -0.3 is 24.4 Å². The van der Waals surface area contributed by atoms with E-state index in [0.717, 1.165) is 45.4 Å². The molecule has 1 N–H and O–H groups in total. The number of piperazine rings is 1. The third-order valence-electron chi connectivity index (χ3n) is 7.70. The number of nitrogens with one attached hydrogen (secondary N) is 1. The third-order valence-corrected chi connectivity index (χ3v) is 9.63. The second-order valence-corrected chi connectivity index (χ2v) is 13.3. The molecule has 2 saturated heterocycles. The molecule has 4 heterocycles. The van der Waals surface area contributed by atoms with Crippen LogP contribution in [0, 0.1) is 5.82 Å². The molecule has 3 aromatic rings. The molecule has 0 saturated carbocycles. The summed E-state index contributed by atoms with van der Waals surface area (Å²) in [4.78, 5) is 48.4. The first kappa shape index (κ1) is 32.3. The molecule has 3 amide bonds. The zero-order valence-electron chi connectivity index (χ0n) is 24.5. The van der Waals surface area contributed by atoms with Gasteiger partial charge in [0.1, 0.15) is 17.6 Å². The standard InChI is InChI=1S/C30H36FIN6O5S/c1-20(33-29(40)24-6-4-17-44-24)30(41)38-15-14-36(19-25(38)32)11-5-16-42-21-7-8-22(23(31)18-21)28-34-26(43-35-28)9-10-27(39)37-12-2-3-13-37/h4,6-8,17-18,20,25H,2-3,5,9-16,19H2,1H3,(H,33,40)/t20-,25?/m1/s1. The van der Waals surface area contributed by atoms with Crippen LogP contribution in [0.4, 0.5) is 4.39 Å². The third kappa shape index (κ3) is 8.33. The maximum atomic E-state index is 14.9. The van der Waals surface area contributed by atoms with Gasteiger partial charge in [-0.05, 0) is 49.8 Å². The predicted molar refractivity (Wildman–Crippen MR) is 171 cm³/mol. The van der Waals surface area contributed by atoms with Gasteiger partial charge in [-0.2, -0.15) is 4.98 Å². The number of alkyl halides is 1. The molecule has 2 atom stereocenters. The lowest BCUT2D eigenvalue weighted by atomic mass is 10.2. The fourth-order valence-electron chi connectivity index (χ4n) is 5.28. The normalized spacial score (nSPS) is 17.9. The van der Waals surface area contributed by atoms with Crippen LogP contribution in [-0.4, -0.2) is 98.5 Å². The summed E-state index contributed by atoms with van der Waals surface area (Å²) >= 11 is 3.61. The Morgan fingerprint density at radius 1 is 1.20 bits per heavy atom. The summed E-state index contributed by atoms with van der Waals surface area (Å²) in [7, 11) is 0. The molecule has 0 aliphatic carbocycles. The number of amides is 3. The number of aryl methyl sites for hydroxylation is 1. The van der Waals surface area contributed by atoms with Crippen molar-refractivity contribution in [3.63, 3.8) is 0 Å². The Hall–Kier alpha value is -3.11. The first-order chi connectivity index (χ1) is 21.3. The molecule has 5 rings (SSSR count). The number of rotatable bonds is 12. The maximum absolute atomic E-state index is 14.9. The topological polar surface area (TPSA) is 121 Å². The van der Waals surface area contributed by atoms with Crippen LogP contribution in [0.5, 0.6) is 5.75 Å². The molecule has 1 aromatic carbocycles. The van der Waals surface area contributed by atoms with E-state index in [1.165, 1.54) is 17.4 Å². The number of hydrogen-bond acceptors (Lipinski definition) is 9. The Bertz CT molecular complexity index is 1430. The highest BCUT2D eigenvalue weighted by atomic mass is 127. The number of aromatic nitrogens is 2. The van der Waals surface area contributed by atoms with Gasteiger partial charge in [0.2, 0.25) is 23.5 Å². The minimum Gasteiger partial charge on any atom is -0.493 e. The molecule has 236 valence electrons. The molecule has 0 bridgehead atoms. The number of benzene rings is 1. The zero-order chi connectivity index (χ0) is 31.1. The van der Waals surface area contributed by atoms with Crippen molar-refractivity contribution in [2.24, 2.45) is 0 Å². The number of halogens is 2. The average Bonchev–Trinajstić information content (AvgIpc) is 3.81. The molecule has 0 radical (unpaired) electrons. The zero-order valence-corrected chi connectivity index (χ0v) is 27.5. The number of likely N-dealkylation sites (tertiary alicyclic amines) is 1. The first-order valence-electron chi connectivity index (χ1n) is 14.8. The van der Waals surface area contributed by atoms with Crippen molar-refractivity contribution in [1.82, 2.24) is 30.2 Å². The lowest BCUT2D eigenvalue weighted by Crippen LogP contribution is -2.57. The van der Waals surface area contributed by atoms with E-state index in [1.54, 1.807) is 25.1 Å². The van der Waals surface area contributed by atoms with Crippen LogP contribution in [0.2, 0.25) is 0 Å². The summed E-state index contributed by atoms with van der Waals surface area (Å²) in [5, 5.41) is 8.52. The predicted octanol–water partition coefficient (Wildman–Crippen LogP) is 3.98. The fourth-order valence-corrected chi connectivity index (χ4v) is 7.02. The van der Waals surface area contributed by atoms with E-state index in [9.17, 15) is 18.8 Å². The van der Waals surface area contributed by atoms with Gasteiger partial charge in [-0.1, -0.05) is 33.8 Å². The number of nitrogens with zero attached hydrogens (tertiary/aromatic N) is 5. The largest absolute Gasteiger partial charge is 0.493 e. The molecule has 2 aromatic heterocycles. The second kappa shape index (κ2) is 15.3. The van der Waals surface area contributed by atoms with Crippen LogP contribution in [-0.2, 0) is 16.0 Å². The molecule has 2 aliphatic rings. The summed E-state index contributed by atoms with van der Waals surface area (Å²) < 4.78 is 25.9. The quantitative estimate of drug-likeness (QED) is 0.128. The Balaban J connectivity index is 1.02. The highest BCUT2D eigenvalue weighted by Gasteiger charge is 2.31. The summed E-state index contributed by atoms with van der Waals surface area (Å²) in [6.07, 6.45) is 3.42. The van der Waals surface area contributed by atoms with E-state index in [0.29, 0.717) is 49.1 Å². The number of hydrogen-bond donors (Lipinski definition) is 1. The number of ether oxygens (including phenoxy) is 1. The second-order valence-electron chi connectivity index (χ2n) is 10.9. The van der Waals surface area contributed by atoms with Gasteiger partial charge in [0.15, 0.2) is 0 Å². The van der Waals surface area contributed by atoms with Crippen LogP contribution in [0.3, 0.4) is 0 Å². The highest BCUT2D eigenvalue weighted by Crippen LogP contribution is 2.25. The van der Waals surface area contributed by atoms with E-state index in [4.69, 9.17) is 9.26 Å². The van der Waals surface area contributed by atoms with E-state index < -0.39 is 11.9 Å². The molecular formula is C30H36FIN6O5S. The summed E-state index contributed by atoms with van der Waals surface area (Å²) in [6.45, 7) is 6.50. The van der Waals surface area contributed by atoms with Gasteiger partial charge in [0, 0.05) is 58.2 Å². The summed E-state index contributed by atoms with van der Waals surface area (Å²) in [5.74, 6) is 0.0879. The molecule has 11 nitrogen and oxygen atoms in total. The van der Waals surface area contributed by atoms with E-state index in [2.05, 4.69) is 42.9 Å². The van der Waals surface area contributed by atoms with Crippen molar-refractivity contribution in [2.75, 3.05) is 45.9 Å². The Kier molecular flexibility index (Phi) is 11.2.